The van der Waals surface area contributed by atoms with Gasteiger partial charge in [-0.1, -0.05) is 0 Å². The quantitative estimate of drug-likeness (QED) is 0.553. The summed E-state index contributed by atoms with van der Waals surface area (Å²) >= 11 is 0. The highest BCUT2D eigenvalue weighted by atomic mass is 19.3. The molecule has 0 amide bonds. The number of hydrogen-bond donors (Lipinski definition) is 2. The van der Waals surface area contributed by atoms with Gasteiger partial charge in [-0.25, -0.2) is 13.8 Å². The van der Waals surface area contributed by atoms with E-state index in [4.69, 9.17) is 11.5 Å². The predicted molar refractivity (Wildman–Crippen MR) is 44.7 cm³/mol. The third-order valence-corrected chi connectivity index (χ3v) is 1.49. The summed E-state index contributed by atoms with van der Waals surface area (Å²) < 4.78 is 24.3. The van der Waals surface area contributed by atoms with E-state index in [1.165, 1.54) is 0 Å². The number of nitrogens with zero attached hydrogens (tertiary/aromatic N) is 2. The van der Waals surface area contributed by atoms with E-state index in [0.29, 0.717) is 0 Å². The van der Waals surface area contributed by atoms with Gasteiger partial charge in [0.05, 0.1) is 10.6 Å². The Labute approximate surface area is 76.7 Å². The molecule has 0 fully saturated rings. The first kappa shape index (κ1) is 10.1. The van der Waals surface area contributed by atoms with Crippen LogP contribution >= 0.6 is 0 Å². The van der Waals surface area contributed by atoms with Crippen molar-refractivity contribution in [3.63, 3.8) is 0 Å². The normalized spacial score (nSPS) is 10.5. The lowest BCUT2D eigenvalue weighted by Crippen LogP contribution is -2.05. The van der Waals surface area contributed by atoms with Crippen molar-refractivity contribution in [2.45, 2.75) is 6.43 Å². The highest BCUT2D eigenvalue weighted by molar-refractivity contribution is 5.61. The second-order valence-electron chi connectivity index (χ2n) is 2.43. The third-order valence-electron chi connectivity index (χ3n) is 1.49. The molecule has 6 nitrogen and oxygen atoms in total. The van der Waals surface area contributed by atoms with Gasteiger partial charge in [0.2, 0.25) is 5.82 Å². The predicted octanol–water partition coefficient (Wildman–Crippen LogP) is 1.09. The van der Waals surface area contributed by atoms with Crippen LogP contribution in [0.4, 0.5) is 26.0 Å². The second kappa shape index (κ2) is 3.40. The van der Waals surface area contributed by atoms with Crippen molar-refractivity contribution in [2.75, 3.05) is 11.5 Å². The Morgan fingerprint density at radius 3 is 2.50 bits per heavy atom. The van der Waals surface area contributed by atoms with Gasteiger partial charge in [-0.15, -0.1) is 0 Å². The van der Waals surface area contributed by atoms with E-state index < -0.39 is 34.2 Å². The monoisotopic (exact) mass is 204 g/mol. The minimum absolute atomic E-state index is 0.444. The van der Waals surface area contributed by atoms with Crippen LogP contribution in [-0.4, -0.2) is 9.91 Å². The van der Waals surface area contributed by atoms with Crippen LogP contribution < -0.4 is 11.5 Å². The number of pyridine rings is 1. The summed E-state index contributed by atoms with van der Waals surface area (Å²) in [4.78, 5) is 12.6. The number of hydrogen-bond acceptors (Lipinski definition) is 5. The van der Waals surface area contributed by atoms with E-state index in [1.54, 1.807) is 0 Å². The van der Waals surface area contributed by atoms with E-state index in [9.17, 15) is 18.9 Å². The molecule has 0 aliphatic carbocycles. The van der Waals surface area contributed by atoms with Crippen LogP contribution in [0.25, 0.3) is 0 Å². The van der Waals surface area contributed by atoms with Gasteiger partial charge in [0.15, 0.2) is 0 Å². The number of nitrogens with two attached hydrogens (primary N) is 2. The second-order valence-corrected chi connectivity index (χ2v) is 2.43. The van der Waals surface area contributed by atoms with Crippen molar-refractivity contribution < 1.29 is 13.7 Å². The first-order valence-electron chi connectivity index (χ1n) is 3.42. The van der Waals surface area contributed by atoms with Gasteiger partial charge in [-0.05, 0) is 0 Å². The van der Waals surface area contributed by atoms with Crippen molar-refractivity contribution in [2.24, 2.45) is 0 Å². The van der Waals surface area contributed by atoms with Crippen LogP contribution in [0.1, 0.15) is 12.1 Å². The summed E-state index contributed by atoms with van der Waals surface area (Å²) in [5.74, 6) is -0.570. The van der Waals surface area contributed by atoms with E-state index in [2.05, 4.69) is 4.98 Å². The first-order valence-corrected chi connectivity index (χ1v) is 3.42. The highest BCUT2D eigenvalue weighted by Crippen LogP contribution is 2.29. The summed E-state index contributed by atoms with van der Waals surface area (Å²) in [6, 6.07) is 0.768. The average Bonchev–Trinajstić information content (AvgIpc) is 2.07. The zero-order valence-corrected chi connectivity index (χ0v) is 6.78. The summed E-state index contributed by atoms with van der Waals surface area (Å²) in [6.45, 7) is 0. The molecule has 0 aliphatic heterocycles. The summed E-state index contributed by atoms with van der Waals surface area (Å²) in [7, 11) is 0. The molecule has 14 heavy (non-hydrogen) atoms. The van der Waals surface area contributed by atoms with Gasteiger partial charge >= 0.3 is 5.69 Å². The van der Waals surface area contributed by atoms with Gasteiger partial charge in [-0.3, -0.25) is 10.1 Å². The Balaban J connectivity index is 3.31. The van der Waals surface area contributed by atoms with Gasteiger partial charge in [0.1, 0.15) is 5.69 Å². The maximum atomic E-state index is 12.2. The molecule has 1 rings (SSSR count). The standard InChI is InChI=1S/C6H6F2N4O2/c7-5(8)4-2(9)1-3(12(13)14)6(10)11-4/h1,5H,9H2,(H2,10,11). The zero-order chi connectivity index (χ0) is 10.9. The molecule has 1 aromatic heterocycles. The van der Waals surface area contributed by atoms with Crippen LogP contribution in [-0.2, 0) is 0 Å². The van der Waals surface area contributed by atoms with E-state index >= 15 is 0 Å². The number of halogens is 2. The summed E-state index contributed by atoms with van der Waals surface area (Å²) in [6.07, 6.45) is -2.90. The highest BCUT2D eigenvalue weighted by Gasteiger charge is 2.21. The molecule has 1 aromatic rings. The molecule has 0 aromatic carbocycles. The zero-order valence-electron chi connectivity index (χ0n) is 6.78. The van der Waals surface area contributed by atoms with Crippen molar-refractivity contribution in [1.82, 2.24) is 4.98 Å². The van der Waals surface area contributed by atoms with Gasteiger partial charge < -0.3 is 11.5 Å². The molecule has 76 valence electrons. The Morgan fingerprint density at radius 2 is 2.07 bits per heavy atom. The lowest BCUT2D eigenvalue weighted by atomic mass is 10.2. The minimum atomic E-state index is -2.90. The first-order chi connectivity index (χ1) is 6.43. The maximum Gasteiger partial charge on any atom is 0.313 e. The molecule has 0 atom stereocenters. The fourth-order valence-corrected chi connectivity index (χ4v) is 0.868. The molecule has 0 saturated carbocycles. The van der Waals surface area contributed by atoms with Gasteiger partial charge in [0, 0.05) is 6.07 Å². The van der Waals surface area contributed by atoms with Crippen LogP contribution in [0, 0.1) is 10.1 Å². The topological polar surface area (TPSA) is 108 Å². The van der Waals surface area contributed by atoms with E-state index in [0.717, 1.165) is 6.07 Å². The number of alkyl halides is 2. The molecule has 4 N–H and O–H groups in total. The Bertz CT molecular complexity index is 382. The lowest BCUT2D eigenvalue weighted by molar-refractivity contribution is -0.384. The van der Waals surface area contributed by atoms with Crippen molar-refractivity contribution in [3.8, 4) is 0 Å². The van der Waals surface area contributed by atoms with Crippen molar-refractivity contribution in [1.29, 1.82) is 0 Å². The molecule has 0 aliphatic rings. The summed E-state index contributed by atoms with van der Waals surface area (Å²) in [5.41, 5.74) is 8.45. The smallest absolute Gasteiger partial charge is 0.313 e. The number of nitro groups is 1. The maximum absolute atomic E-state index is 12.2. The van der Waals surface area contributed by atoms with E-state index in [-0.39, 0.29) is 0 Å². The van der Waals surface area contributed by atoms with Crippen molar-refractivity contribution >= 4 is 17.2 Å². The average molecular weight is 204 g/mol. The number of anilines is 2. The van der Waals surface area contributed by atoms with Gasteiger partial charge in [-0.2, -0.15) is 0 Å². The van der Waals surface area contributed by atoms with Gasteiger partial charge in [0.25, 0.3) is 6.43 Å². The molecule has 8 heteroatoms. The Hall–Kier alpha value is -1.99. The van der Waals surface area contributed by atoms with Crippen molar-refractivity contribution in [3.05, 3.63) is 21.9 Å². The third kappa shape index (κ3) is 1.68. The number of rotatable bonds is 2. The largest absolute Gasteiger partial charge is 0.397 e. The Kier molecular flexibility index (Phi) is 2.45. The molecular formula is C6H6F2N4O2. The fourth-order valence-electron chi connectivity index (χ4n) is 0.868. The lowest BCUT2D eigenvalue weighted by Gasteiger charge is -2.04. The number of aromatic nitrogens is 1. The molecule has 0 saturated heterocycles. The van der Waals surface area contributed by atoms with Crippen LogP contribution in [0.5, 0.6) is 0 Å². The number of nitrogen functional groups attached to an aromatic ring is 2. The SMILES string of the molecule is Nc1cc([N+](=O)[O-])c(N)nc1C(F)F. The van der Waals surface area contributed by atoms with Crippen LogP contribution in [0.15, 0.2) is 6.07 Å². The Morgan fingerprint density at radius 1 is 1.50 bits per heavy atom. The van der Waals surface area contributed by atoms with Crippen LogP contribution in [0.3, 0.4) is 0 Å². The molecule has 1 heterocycles. The molecule has 0 radical (unpaired) electrons. The minimum Gasteiger partial charge on any atom is -0.397 e. The molecule has 0 bridgehead atoms. The molecule has 0 unspecified atom stereocenters. The fraction of sp³-hybridized carbons (Fsp3) is 0.167. The van der Waals surface area contributed by atoms with E-state index in [1.807, 2.05) is 0 Å². The van der Waals surface area contributed by atoms with Crippen LogP contribution in [0.2, 0.25) is 0 Å². The molecule has 0 spiro atoms. The molecular weight excluding hydrogens is 198 g/mol. The summed E-state index contributed by atoms with van der Waals surface area (Å²) in [5, 5.41) is 10.3.